The van der Waals surface area contributed by atoms with Gasteiger partial charge in [-0.25, -0.2) is 4.79 Å². The summed E-state index contributed by atoms with van der Waals surface area (Å²) >= 11 is 0. The average molecular weight is 729 g/mol. The highest BCUT2D eigenvalue weighted by Crippen LogP contribution is 2.35. The van der Waals surface area contributed by atoms with E-state index in [0.717, 1.165) is 32.1 Å². The Hall–Kier alpha value is -3.77. The van der Waals surface area contributed by atoms with E-state index in [1.54, 1.807) is 4.90 Å². The van der Waals surface area contributed by atoms with Crippen LogP contribution in [0.5, 0.6) is 0 Å². The van der Waals surface area contributed by atoms with E-state index >= 15 is 0 Å². The zero-order chi connectivity index (χ0) is 39.0. The van der Waals surface area contributed by atoms with Gasteiger partial charge in [-0.2, -0.15) is 0 Å². The summed E-state index contributed by atoms with van der Waals surface area (Å²) < 4.78 is 0. The van der Waals surface area contributed by atoms with Crippen LogP contribution in [0.2, 0.25) is 0 Å². The molecular weight excluding hydrogens is 664 g/mol. The minimum atomic E-state index is -1.05. The van der Waals surface area contributed by atoms with Gasteiger partial charge in [-0.3, -0.25) is 33.7 Å². The molecule has 3 aliphatic rings. The molecule has 292 valence electrons. The van der Waals surface area contributed by atoms with E-state index in [0.29, 0.717) is 19.4 Å². The third kappa shape index (κ3) is 11.1. The summed E-state index contributed by atoms with van der Waals surface area (Å²) in [5.74, 6) is -3.28. The Morgan fingerprint density at radius 1 is 0.942 bits per heavy atom. The van der Waals surface area contributed by atoms with Crippen molar-refractivity contribution < 1.29 is 33.6 Å². The molecule has 0 aromatic heterocycles. The first-order valence-electron chi connectivity index (χ1n) is 19.2. The first-order valence-corrected chi connectivity index (χ1v) is 19.2. The summed E-state index contributed by atoms with van der Waals surface area (Å²) in [5, 5.41) is 11.3. The fraction of sp³-hybridized carbons (Fsp3) is 0.769. The number of urea groups is 1. The monoisotopic (exact) mass is 728 g/mol. The van der Waals surface area contributed by atoms with Gasteiger partial charge in [-0.05, 0) is 54.3 Å². The van der Waals surface area contributed by atoms with Crippen LogP contribution in [0.1, 0.15) is 120 Å². The molecule has 1 aliphatic carbocycles. The van der Waals surface area contributed by atoms with E-state index in [9.17, 15) is 33.6 Å². The molecule has 0 bridgehead atoms. The standard InChI is InChI=1S/C39H64N6O7/c1-10-15-27(33(48)35(50)40-19-11-2)41-34(49)32-26(24(3)4)18-20-44(32)36(51)31(25-16-13-12-14-17-25)43-37(52)42-28(38(5,6)7)23-45-29(46)21-39(8,9)22-30(45)47/h11,24-28,31-32H,2,10,12-23H2,1,3-9H3,(H,40,50)(H,41,49)(H2,42,43,52)/t26?,27?,28-,31+,32+/m1/s1. The first-order chi connectivity index (χ1) is 24.3. The van der Waals surface area contributed by atoms with Crippen molar-refractivity contribution in [1.82, 2.24) is 31.1 Å². The van der Waals surface area contributed by atoms with Gasteiger partial charge < -0.3 is 26.2 Å². The van der Waals surface area contributed by atoms with E-state index in [1.165, 1.54) is 11.0 Å². The van der Waals surface area contributed by atoms with Gasteiger partial charge >= 0.3 is 6.03 Å². The molecule has 52 heavy (non-hydrogen) atoms. The first kappa shape index (κ1) is 42.6. The zero-order valence-electron chi connectivity index (χ0n) is 32.8. The molecule has 2 aliphatic heterocycles. The van der Waals surface area contributed by atoms with Crippen molar-refractivity contribution in [2.45, 2.75) is 144 Å². The summed E-state index contributed by atoms with van der Waals surface area (Å²) in [6.07, 6.45) is 7.61. The number of hydrogen-bond donors (Lipinski definition) is 4. The van der Waals surface area contributed by atoms with Crippen molar-refractivity contribution in [3.63, 3.8) is 0 Å². The molecule has 2 heterocycles. The molecule has 2 saturated heterocycles. The molecule has 0 radical (unpaired) electrons. The number of ketones is 1. The fourth-order valence-corrected chi connectivity index (χ4v) is 7.82. The largest absolute Gasteiger partial charge is 0.346 e. The van der Waals surface area contributed by atoms with Gasteiger partial charge in [0.1, 0.15) is 12.1 Å². The van der Waals surface area contributed by atoms with Gasteiger partial charge in [-0.1, -0.05) is 87.1 Å². The van der Waals surface area contributed by atoms with Gasteiger partial charge in [0.2, 0.25) is 29.4 Å². The summed E-state index contributed by atoms with van der Waals surface area (Å²) in [4.78, 5) is 97.0. The lowest BCUT2D eigenvalue weighted by Crippen LogP contribution is -2.62. The summed E-state index contributed by atoms with van der Waals surface area (Å²) in [7, 11) is 0. The van der Waals surface area contributed by atoms with Gasteiger partial charge in [-0.15, -0.1) is 6.58 Å². The molecule has 0 spiro atoms. The highest BCUT2D eigenvalue weighted by molar-refractivity contribution is 6.38. The highest BCUT2D eigenvalue weighted by atomic mass is 16.2. The Kier molecular flexibility index (Phi) is 15.0. The SMILES string of the molecule is C=CCNC(=O)C(=O)C(CCC)NC(=O)[C@@H]1C(C(C)C)CCN1C(=O)[C@@H](NC(=O)N[C@H](CN1C(=O)CC(C)(C)CC1=O)C(C)(C)C)C1CCCCC1. The lowest BCUT2D eigenvalue weighted by atomic mass is 9.80. The molecule has 1 saturated carbocycles. The smallest absolute Gasteiger partial charge is 0.315 e. The third-order valence-corrected chi connectivity index (χ3v) is 10.9. The number of carbonyl (C=O) groups is 7. The fourth-order valence-electron chi connectivity index (χ4n) is 7.82. The zero-order valence-corrected chi connectivity index (χ0v) is 32.8. The van der Waals surface area contributed by atoms with Crippen LogP contribution in [0.4, 0.5) is 4.79 Å². The maximum Gasteiger partial charge on any atom is 0.315 e. The molecule has 13 nitrogen and oxygen atoms in total. The Bertz CT molecular complexity index is 1330. The number of piperidine rings is 1. The second-order valence-electron chi connectivity index (χ2n) is 17.2. The van der Waals surface area contributed by atoms with Crippen LogP contribution >= 0.6 is 0 Å². The Morgan fingerprint density at radius 2 is 1.56 bits per heavy atom. The molecule has 2 unspecified atom stereocenters. The van der Waals surface area contributed by atoms with Gasteiger partial charge in [0.25, 0.3) is 5.91 Å². The van der Waals surface area contributed by atoms with Crippen LogP contribution < -0.4 is 21.3 Å². The van der Waals surface area contributed by atoms with Crippen LogP contribution in [-0.2, 0) is 28.8 Å². The number of imide groups is 1. The summed E-state index contributed by atoms with van der Waals surface area (Å²) in [6.45, 7) is 19.4. The highest BCUT2D eigenvalue weighted by Gasteiger charge is 2.47. The van der Waals surface area contributed by atoms with Crippen LogP contribution in [0.15, 0.2) is 12.7 Å². The number of likely N-dealkylation sites (tertiary alicyclic amines) is 2. The second kappa shape index (κ2) is 18.3. The predicted octanol–water partition coefficient (Wildman–Crippen LogP) is 3.85. The van der Waals surface area contributed by atoms with Crippen molar-refractivity contribution in [1.29, 1.82) is 0 Å². The molecule has 4 N–H and O–H groups in total. The maximum atomic E-state index is 14.6. The van der Waals surface area contributed by atoms with E-state index in [4.69, 9.17) is 0 Å². The predicted molar refractivity (Wildman–Crippen MR) is 199 cm³/mol. The third-order valence-electron chi connectivity index (χ3n) is 10.9. The maximum absolute atomic E-state index is 14.6. The number of nitrogens with zero attached hydrogens (tertiary/aromatic N) is 2. The number of hydrogen-bond acceptors (Lipinski definition) is 7. The summed E-state index contributed by atoms with van der Waals surface area (Å²) in [6, 6.07) is -4.05. The molecule has 7 amide bonds. The van der Waals surface area contributed by atoms with Crippen LogP contribution in [0, 0.1) is 28.6 Å². The van der Waals surface area contributed by atoms with Crippen molar-refractivity contribution in [2.24, 2.45) is 28.6 Å². The van der Waals surface area contributed by atoms with Crippen LogP contribution in [0.3, 0.4) is 0 Å². The topological polar surface area (TPSA) is 174 Å². The van der Waals surface area contributed by atoms with Crippen molar-refractivity contribution in [3.8, 4) is 0 Å². The average Bonchev–Trinajstić information content (AvgIpc) is 3.52. The normalized spacial score (nSPS) is 22.7. The Balaban J connectivity index is 1.86. The lowest BCUT2D eigenvalue weighted by Gasteiger charge is -2.40. The van der Waals surface area contributed by atoms with Crippen molar-refractivity contribution in [3.05, 3.63) is 12.7 Å². The number of amides is 7. The van der Waals surface area contributed by atoms with Crippen molar-refractivity contribution in [2.75, 3.05) is 19.6 Å². The molecule has 13 heteroatoms. The van der Waals surface area contributed by atoms with Gasteiger partial charge in [0.05, 0.1) is 12.1 Å². The van der Waals surface area contributed by atoms with Crippen molar-refractivity contribution >= 4 is 41.4 Å². The van der Waals surface area contributed by atoms with E-state index in [-0.39, 0.29) is 67.8 Å². The number of nitrogens with one attached hydrogen (secondary N) is 4. The van der Waals surface area contributed by atoms with E-state index in [1.807, 2.05) is 55.4 Å². The van der Waals surface area contributed by atoms with E-state index < -0.39 is 58.6 Å². The van der Waals surface area contributed by atoms with Crippen LogP contribution in [-0.4, -0.2) is 95.0 Å². The Labute approximate surface area is 310 Å². The quantitative estimate of drug-likeness (QED) is 0.113. The molecule has 0 aromatic carbocycles. The minimum Gasteiger partial charge on any atom is -0.346 e. The molecular formula is C39H64N6O7. The van der Waals surface area contributed by atoms with Crippen LogP contribution in [0.25, 0.3) is 0 Å². The van der Waals surface area contributed by atoms with E-state index in [2.05, 4.69) is 27.8 Å². The van der Waals surface area contributed by atoms with Gasteiger partial charge in [0.15, 0.2) is 0 Å². The second-order valence-corrected chi connectivity index (χ2v) is 17.2. The number of carbonyl (C=O) groups excluding carboxylic acids is 7. The molecule has 5 atom stereocenters. The molecule has 0 aromatic rings. The Morgan fingerprint density at radius 3 is 2.10 bits per heavy atom. The number of Topliss-reactive ketones (excluding diaryl/α,β-unsaturated/α-hetero) is 1. The lowest BCUT2D eigenvalue weighted by molar-refractivity contribution is -0.153. The summed E-state index contributed by atoms with van der Waals surface area (Å²) in [5.41, 5.74) is -0.960. The molecule has 3 rings (SSSR count). The number of rotatable bonds is 15. The molecule has 3 fully saturated rings. The van der Waals surface area contributed by atoms with Gasteiger partial charge in [0, 0.05) is 32.5 Å². The minimum absolute atomic E-state index is 0.0143.